The van der Waals surface area contributed by atoms with Crippen molar-refractivity contribution in [3.05, 3.63) is 29.8 Å². The lowest BCUT2D eigenvalue weighted by Gasteiger charge is -2.10. The number of hydrogen-bond acceptors (Lipinski definition) is 3. The first-order valence-corrected chi connectivity index (χ1v) is 6.29. The van der Waals surface area contributed by atoms with Crippen LogP contribution in [0.2, 0.25) is 0 Å². The molecule has 5 nitrogen and oxygen atoms in total. The van der Waals surface area contributed by atoms with Crippen molar-refractivity contribution in [3.63, 3.8) is 0 Å². The van der Waals surface area contributed by atoms with Crippen LogP contribution in [0.25, 0.3) is 0 Å². The third kappa shape index (κ3) is 6.01. The fraction of sp³-hybridized carbons (Fsp3) is 0.429. The maximum Gasteiger partial charge on any atom is 0.313 e. The standard InChI is InChI=1S/C14H21N3O2/c1-11-5-7-12(8-6-11)16-14(19)13(18)15-9-4-10-17(2)3/h5-8H,4,9-10H2,1-3H3,(H,15,18)(H,16,19). The molecule has 0 spiro atoms. The molecule has 104 valence electrons. The van der Waals surface area contributed by atoms with Gasteiger partial charge in [-0.15, -0.1) is 0 Å². The number of benzene rings is 1. The van der Waals surface area contributed by atoms with Gasteiger partial charge < -0.3 is 15.5 Å². The van der Waals surface area contributed by atoms with E-state index in [9.17, 15) is 9.59 Å². The molecule has 0 fully saturated rings. The van der Waals surface area contributed by atoms with Gasteiger partial charge in [0, 0.05) is 12.2 Å². The van der Waals surface area contributed by atoms with Crippen molar-refractivity contribution in [1.29, 1.82) is 0 Å². The highest BCUT2D eigenvalue weighted by molar-refractivity contribution is 6.39. The lowest BCUT2D eigenvalue weighted by Crippen LogP contribution is -2.36. The molecule has 2 N–H and O–H groups in total. The number of carbonyl (C=O) groups excluding carboxylic acids is 2. The molecule has 1 aromatic rings. The number of anilines is 1. The van der Waals surface area contributed by atoms with Gasteiger partial charge >= 0.3 is 11.8 Å². The Bertz CT molecular complexity index is 427. The molecular weight excluding hydrogens is 242 g/mol. The molecule has 0 aliphatic carbocycles. The van der Waals surface area contributed by atoms with Crippen molar-refractivity contribution in [2.75, 3.05) is 32.5 Å². The molecule has 0 saturated carbocycles. The monoisotopic (exact) mass is 263 g/mol. The van der Waals surface area contributed by atoms with Gasteiger partial charge in [0.05, 0.1) is 0 Å². The fourth-order valence-corrected chi connectivity index (χ4v) is 1.50. The lowest BCUT2D eigenvalue weighted by atomic mass is 10.2. The van der Waals surface area contributed by atoms with Gasteiger partial charge in [0.25, 0.3) is 0 Å². The minimum Gasteiger partial charge on any atom is -0.348 e. The van der Waals surface area contributed by atoms with E-state index in [1.54, 1.807) is 12.1 Å². The summed E-state index contributed by atoms with van der Waals surface area (Å²) < 4.78 is 0. The zero-order valence-corrected chi connectivity index (χ0v) is 11.7. The first kappa shape index (κ1) is 15.2. The van der Waals surface area contributed by atoms with Crippen LogP contribution < -0.4 is 10.6 Å². The van der Waals surface area contributed by atoms with Crippen molar-refractivity contribution < 1.29 is 9.59 Å². The SMILES string of the molecule is Cc1ccc(NC(=O)C(=O)NCCCN(C)C)cc1. The molecule has 0 aliphatic heterocycles. The molecule has 0 saturated heterocycles. The molecule has 0 bridgehead atoms. The van der Waals surface area contributed by atoms with Gasteiger partial charge in [-0.3, -0.25) is 9.59 Å². The second-order valence-electron chi connectivity index (χ2n) is 4.73. The van der Waals surface area contributed by atoms with E-state index in [1.165, 1.54) is 0 Å². The molecular formula is C14H21N3O2. The van der Waals surface area contributed by atoms with Crippen LogP contribution in [-0.4, -0.2) is 43.9 Å². The predicted molar refractivity (Wildman–Crippen MR) is 76.0 cm³/mol. The third-order valence-electron chi connectivity index (χ3n) is 2.58. The summed E-state index contributed by atoms with van der Waals surface area (Å²) in [7, 11) is 3.93. The van der Waals surface area contributed by atoms with Gasteiger partial charge in [-0.2, -0.15) is 0 Å². The summed E-state index contributed by atoms with van der Waals surface area (Å²) in [5, 5.41) is 5.15. The van der Waals surface area contributed by atoms with E-state index in [1.807, 2.05) is 38.1 Å². The molecule has 1 rings (SSSR count). The van der Waals surface area contributed by atoms with Gasteiger partial charge in [0.1, 0.15) is 0 Å². The average molecular weight is 263 g/mol. The van der Waals surface area contributed by atoms with Crippen molar-refractivity contribution >= 4 is 17.5 Å². The number of nitrogens with one attached hydrogen (secondary N) is 2. The lowest BCUT2D eigenvalue weighted by molar-refractivity contribution is -0.136. The van der Waals surface area contributed by atoms with E-state index in [4.69, 9.17) is 0 Å². The van der Waals surface area contributed by atoms with Crippen molar-refractivity contribution in [2.24, 2.45) is 0 Å². The Morgan fingerprint density at radius 3 is 2.32 bits per heavy atom. The number of aryl methyl sites for hydroxylation is 1. The molecule has 0 unspecified atom stereocenters. The average Bonchev–Trinajstić information content (AvgIpc) is 2.36. The maximum atomic E-state index is 11.6. The minimum absolute atomic E-state index is 0.498. The second kappa shape index (κ2) is 7.53. The molecule has 0 radical (unpaired) electrons. The minimum atomic E-state index is -0.631. The predicted octanol–water partition coefficient (Wildman–Crippen LogP) is 1.00. The summed E-state index contributed by atoms with van der Waals surface area (Å²) in [6.07, 6.45) is 0.816. The van der Waals surface area contributed by atoms with E-state index in [-0.39, 0.29) is 0 Å². The van der Waals surface area contributed by atoms with Crippen molar-refractivity contribution in [2.45, 2.75) is 13.3 Å². The Kier molecular flexibility index (Phi) is 6.02. The Morgan fingerprint density at radius 1 is 1.11 bits per heavy atom. The number of amides is 2. The molecule has 0 heterocycles. The van der Waals surface area contributed by atoms with E-state index in [2.05, 4.69) is 10.6 Å². The van der Waals surface area contributed by atoms with Crippen LogP contribution >= 0.6 is 0 Å². The van der Waals surface area contributed by atoms with Crippen LogP contribution in [-0.2, 0) is 9.59 Å². The fourth-order valence-electron chi connectivity index (χ4n) is 1.50. The third-order valence-corrected chi connectivity index (χ3v) is 2.58. The molecule has 19 heavy (non-hydrogen) atoms. The highest BCUT2D eigenvalue weighted by Gasteiger charge is 2.12. The molecule has 0 aromatic heterocycles. The summed E-state index contributed by atoms with van der Waals surface area (Å²) in [5.41, 5.74) is 1.73. The van der Waals surface area contributed by atoms with Gasteiger partial charge in [-0.25, -0.2) is 0 Å². The molecule has 2 amide bonds. The molecule has 5 heteroatoms. The Hall–Kier alpha value is -1.88. The second-order valence-corrected chi connectivity index (χ2v) is 4.73. The van der Waals surface area contributed by atoms with Gasteiger partial charge in [-0.05, 0) is 46.1 Å². The maximum absolute atomic E-state index is 11.6. The topological polar surface area (TPSA) is 61.4 Å². The summed E-state index contributed by atoms with van der Waals surface area (Å²) >= 11 is 0. The number of hydrogen-bond donors (Lipinski definition) is 2. The largest absolute Gasteiger partial charge is 0.348 e. The van der Waals surface area contributed by atoms with Crippen LogP contribution in [0, 0.1) is 6.92 Å². The first-order valence-electron chi connectivity index (χ1n) is 6.29. The van der Waals surface area contributed by atoms with Crippen molar-refractivity contribution in [3.8, 4) is 0 Å². The quantitative estimate of drug-likeness (QED) is 0.615. The Morgan fingerprint density at radius 2 is 1.74 bits per heavy atom. The first-order chi connectivity index (χ1) is 8.99. The van der Waals surface area contributed by atoms with E-state index >= 15 is 0 Å². The molecule has 1 aromatic carbocycles. The zero-order valence-electron chi connectivity index (χ0n) is 11.7. The zero-order chi connectivity index (χ0) is 14.3. The van der Waals surface area contributed by atoms with Crippen molar-refractivity contribution in [1.82, 2.24) is 10.2 Å². The Labute approximate surface area is 114 Å². The summed E-state index contributed by atoms with van der Waals surface area (Å²) in [6.45, 7) is 3.33. The smallest absolute Gasteiger partial charge is 0.313 e. The van der Waals surface area contributed by atoms with Gasteiger partial charge in [0.15, 0.2) is 0 Å². The summed E-state index contributed by atoms with van der Waals surface area (Å²) in [6, 6.07) is 7.30. The number of carbonyl (C=O) groups is 2. The van der Waals surface area contributed by atoms with E-state index in [0.29, 0.717) is 12.2 Å². The van der Waals surface area contributed by atoms with Crippen LogP contribution in [0.1, 0.15) is 12.0 Å². The highest BCUT2D eigenvalue weighted by atomic mass is 16.2. The Balaban J connectivity index is 2.32. The summed E-state index contributed by atoms with van der Waals surface area (Å²) in [5.74, 6) is -1.23. The molecule has 0 aliphatic rings. The van der Waals surface area contributed by atoms with E-state index < -0.39 is 11.8 Å². The number of rotatable bonds is 5. The normalized spacial score (nSPS) is 10.3. The van der Waals surface area contributed by atoms with E-state index in [0.717, 1.165) is 18.5 Å². The van der Waals surface area contributed by atoms with Gasteiger partial charge in [0.2, 0.25) is 0 Å². The van der Waals surface area contributed by atoms with Crippen LogP contribution in [0.3, 0.4) is 0 Å². The highest BCUT2D eigenvalue weighted by Crippen LogP contribution is 2.08. The van der Waals surface area contributed by atoms with Crippen LogP contribution in [0.15, 0.2) is 24.3 Å². The van der Waals surface area contributed by atoms with Gasteiger partial charge in [-0.1, -0.05) is 17.7 Å². The van der Waals surface area contributed by atoms with Crippen LogP contribution in [0.4, 0.5) is 5.69 Å². The number of nitrogens with zero attached hydrogens (tertiary/aromatic N) is 1. The van der Waals surface area contributed by atoms with Crippen LogP contribution in [0.5, 0.6) is 0 Å². The molecule has 0 atom stereocenters. The summed E-state index contributed by atoms with van der Waals surface area (Å²) in [4.78, 5) is 25.1.